The van der Waals surface area contributed by atoms with Crippen molar-refractivity contribution >= 4 is 6.08 Å². The summed E-state index contributed by atoms with van der Waals surface area (Å²) in [7, 11) is 0. The van der Waals surface area contributed by atoms with Crippen LogP contribution in [-0.2, 0) is 0 Å². The van der Waals surface area contributed by atoms with Crippen LogP contribution in [-0.4, -0.2) is 19.2 Å². The largest absolute Gasteiger partial charge is 0.489 e. The van der Waals surface area contributed by atoms with Crippen LogP contribution in [0.1, 0.15) is 40.2 Å². The molecule has 1 aromatic carbocycles. The molecule has 0 saturated heterocycles. The highest BCUT2D eigenvalue weighted by Gasteiger charge is 2.05. The summed E-state index contributed by atoms with van der Waals surface area (Å²) < 4.78 is 5.89. The van der Waals surface area contributed by atoms with Crippen LogP contribution in [0.2, 0.25) is 0 Å². The van der Waals surface area contributed by atoms with E-state index < -0.39 is 0 Å². The summed E-state index contributed by atoms with van der Waals surface area (Å²) in [5, 5.41) is 3.29. The van der Waals surface area contributed by atoms with Gasteiger partial charge in [-0.2, -0.15) is 0 Å². The summed E-state index contributed by atoms with van der Waals surface area (Å²) in [5.41, 5.74) is 1.39. The standard InChI is InChI=1S/C17H27NO/c1-6-18-13-14(2)19-16-9-7-8-15(12-16)10-11-17(3,4)5/h7-12,14,18H,6,13H2,1-5H3/b11-10+/t14-/m0/s1. The van der Waals surface area contributed by atoms with Crippen molar-refractivity contribution in [1.82, 2.24) is 5.32 Å². The minimum atomic E-state index is 0.182. The van der Waals surface area contributed by atoms with Gasteiger partial charge < -0.3 is 10.1 Å². The fraction of sp³-hybridized carbons (Fsp3) is 0.529. The molecule has 0 aliphatic heterocycles. The second-order valence-electron chi connectivity index (χ2n) is 6.01. The molecule has 2 nitrogen and oxygen atoms in total. The van der Waals surface area contributed by atoms with Crippen molar-refractivity contribution in [2.45, 2.75) is 40.7 Å². The summed E-state index contributed by atoms with van der Waals surface area (Å²) in [6.07, 6.45) is 4.55. The van der Waals surface area contributed by atoms with Crippen molar-refractivity contribution in [3.05, 3.63) is 35.9 Å². The molecular formula is C17H27NO. The number of rotatable bonds is 6. The van der Waals surface area contributed by atoms with Gasteiger partial charge in [-0.25, -0.2) is 0 Å². The Kier molecular flexibility index (Phi) is 6.10. The molecule has 0 aromatic heterocycles. The zero-order chi connectivity index (χ0) is 14.3. The highest BCUT2D eigenvalue weighted by molar-refractivity contribution is 5.52. The predicted octanol–water partition coefficient (Wildman–Crippen LogP) is 4.12. The van der Waals surface area contributed by atoms with Gasteiger partial charge in [-0.05, 0) is 36.6 Å². The Morgan fingerprint density at radius 3 is 2.68 bits per heavy atom. The van der Waals surface area contributed by atoms with E-state index in [1.54, 1.807) is 0 Å². The van der Waals surface area contributed by atoms with Crippen LogP contribution in [0, 0.1) is 5.41 Å². The van der Waals surface area contributed by atoms with E-state index in [9.17, 15) is 0 Å². The Bertz CT molecular complexity index is 404. The molecule has 0 aliphatic carbocycles. The van der Waals surface area contributed by atoms with Gasteiger partial charge in [-0.15, -0.1) is 0 Å². The molecule has 19 heavy (non-hydrogen) atoms. The van der Waals surface area contributed by atoms with Crippen molar-refractivity contribution in [2.75, 3.05) is 13.1 Å². The smallest absolute Gasteiger partial charge is 0.120 e. The fourth-order valence-electron chi connectivity index (χ4n) is 1.66. The van der Waals surface area contributed by atoms with E-state index in [-0.39, 0.29) is 11.5 Å². The van der Waals surface area contributed by atoms with Crippen LogP contribution in [0.3, 0.4) is 0 Å². The van der Waals surface area contributed by atoms with Gasteiger partial charge in [0, 0.05) is 6.54 Å². The molecule has 1 N–H and O–H groups in total. The van der Waals surface area contributed by atoms with E-state index in [1.165, 1.54) is 5.56 Å². The SMILES string of the molecule is CCNC[C@H](C)Oc1cccc(/C=C/C(C)(C)C)c1. The van der Waals surface area contributed by atoms with Crippen molar-refractivity contribution in [3.8, 4) is 5.75 Å². The van der Waals surface area contributed by atoms with Gasteiger partial charge in [0.15, 0.2) is 0 Å². The van der Waals surface area contributed by atoms with E-state index in [0.29, 0.717) is 0 Å². The number of ether oxygens (including phenoxy) is 1. The molecule has 0 bridgehead atoms. The van der Waals surface area contributed by atoms with Gasteiger partial charge in [0.05, 0.1) is 0 Å². The molecule has 0 heterocycles. The Labute approximate surface area is 117 Å². The molecule has 1 atom stereocenters. The van der Waals surface area contributed by atoms with E-state index in [1.807, 2.05) is 12.1 Å². The molecule has 0 amide bonds. The van der Waals surface area contributed by atoms with Gasteiger partial charge in [-0.3, -0.25) is 0 Å². The molecule has 1 aromatic rings. The molecule has 0 spiro atoms. The summed E-state index contributed by atoms with van der Waals surface area (Å²) in [6, 6.07) is 8.24. The third kappa shape index (κ3) is 7.02. The second kappa shape index (κ2) is 7.34. The second-order valence-corrected chi connectivity index (χ2v) is 6.01. The summed E-state index contributed by atoms with van der Waals surface area (Å²) in [6.45, 7) is 12.6. The van der Waals surface area contributed by atoms with Gasteiger partial charge >= 0.3 is 0 Å². The summed E-state index contributed by atoms with van der Waals surface area (Å²) in [5.74, 6) is 0.932. The molecule has 0 unspecified atom stereocenters. The molecule has 106 valence electrons. The molecule has 0 radical (unpaired) electrons. The molecule has 0 aliphatic rings. The lowest BCUT2D eigenvalue weighted by atomic mass is 9.95. The third-order valence-electron chi connectivity index (χ3n) is 2.65. The fourth-order valence-corrected chi connectivity index (χ4v) is 1.66. The van der Waals surface area contributed by atoms with E-state index in [4.69, 9.17) is 4.74 Å². The van der Waals surface area contributed by atoms with Gasteiger partial charge in [0.25, 0.3) is 0 Å². The normalized spacial score (nSPS) is 13.7. The predicted molar refractivity (Wildman–Crippen MR) is 83.6 cm³/mol. The van der Waals surface area contributed by atoms with Crippen LogP contribution in [0.15, 0.2) is 30.3 Å². The number of benzene rings is 1. The molecule has 2 heteroatoms. The number of likely N-dealkylation sites (N-methyl/N-ethyl adjacent to an activating group) is 1. The van der Waals surface area contributed by atoms with Crippen molar-refractivity contribution in [2.24, 2.45) is 5.41 Å². The highest BCUT2D eigenvalue weighted by atomic mass is 16.5. The van der Waals surface area contributed by atoms with Crippen molar-refractivity contribution in [3.63, 3.8) is 0 Å². The Morgan fingerprint density at radius 1 is 1.32 bits per heavy atom. The summed E-state index contributed by atoms with van der Waals surface area (Å²) in [4.78, 5) is 0. The lowest BCUT2D eigenvalue weighted by Gasteiger charge is -2.15. The maximum Gasteiger partial charge on any atom is 0.120 e. The Balaban J connectivity index is 2.64. The van der Waals surface area contributed by atoms with Gasteiger partial charge in [0.1, 0.15) is 11.9 Å². The monoisotopic (exact) mass is 261 g/mol. The average molecular weight is 261 g/mol. The molecular weight excluding hydrogens is 234 g/mol. The number of hydrogen-bond acceptors (Lipinski definition) is 2. The van der Waals surface area contributed by atoms with E-state index >= 15 is 0 Å². The number of nitrogens with one attached hydrogen (secondary N) is 1. The molecule has 0 fully saturated rings. The Morgan fingerprint density at radius 2 is 2.05 bits per heavy atom. The first kappa shape index (κ1) is 15.8. The lowest BCUT2D eigenvalue weighted by molar-refractivity contribution is 0.218. The molecule has 0 saturated carbocycles. The average Bonchev–Trinajstić information content (AvgIpc) is 2.33. The van der Waals surface area contributed by atoms with E-state index in [2.05, 4.69) is 64.2 Å². The lowest BCUT2D eigenvalue weighted by Crippen LogP contribution is -2.28. The van der Waals surface area contributed by atoms with Crippen LogP contribution in [0.4, 0.5) is 0 Å². The summed E-state index contributed by atoms with van der Waals surface area (Å²) >= 11 is 0. The van der Waals surface area contributed by atoms with Crippen molar-refractivity contribution < 1.29 is 4.74 Å². The van der Waals surface area contributed by atoms with Crippen LogP contribution >= 0.6 is 0 Å². The topological polar surface area (TPSA) is 21.3 Å². The maximum absolute atomic E-state index is 5.89. The van der Waals surface area contributed by atoms with Crippen LogP contribution in [0.25, 0.3) is 6.08 Å². The first-order valence-corrected chi connectivity index (χ1v) is 7.07. The van der Waals surface area contributed by atoms with Crippen molar-refractivity contribution in [1.29, 1.82) is 0 Å². The first-order chi connectivity index (χ1) is 8.90. The Hall–Kier alpha value is -1.28. The minimum Gasteiger partial charge on any atom is -0.489 e. The van der Waals surface area contributed by atoms with Gasteiger partial charge in [0.2, 0.25) is 0 Å². The highest BCUT2D eigenvalue weighted by Crippen LogP contribution is 2.20. The van der Waals surface area contributed by atoms with Crippen LogP contribution in [0.5, 0.6) is 5.75 Å². The quantitative estimate of drug-likeness (QED) is 0.831. The zero-order valence-electron chi connectivity index (χ0n) is 12.9. The third-order valence-corrected chi connectivity index (χ3v) is 2.65. The molecule has 1 rings (SSSR count). The van der Waals surface area contributed by atoms with E-state index in [0.717, 1.165) is 18.8 Å². The minimum absolute atomic E-state index is 0.182. The first-order valence-electron chi connectivity index (χ1n) is 7.07. The van der Waals surface area contributed by atoms with Gasteiger partial charge in [-0.1, -0.05) is 52.0 Å². The van der Waals surface area contributed by atoms with Crippen LogP contribution < -0.4 is 10.1 Å². The number of allylic oxidation sites excluding steroid dienone is 1. The zero-order valence-corrected chi connectivity index (χ0v) is 12.9. The number of hydrogen-bond donors (Lipinski definition) is 1. The maximum atomic E-state index is 5.89.